The average Bonchev–Trinajstić information content (AvgIpc) is 3.33. The fraction of sp³-hybridized carbons (Fsp3) is 0.263. The molecule has 0 saturated carbocycles. The topological polar surface area (TPSA) is 46.2 Å². The summed E-state index contributed by atoms with van der Waals surface area (Å²) < 4.78 is 0. The lowest BCUT2D eigenvalue weighted by Crippen LogP contribution is -2.19. The molecule has 3 aromatic rings. The third-order valence-electron chi connectivity index (χ3n) is 3.45. The maximum Gasteiger partial charge on any atom is 0.253 e. The second kappa shape index (κ2) is 8.56. The quantitative estimate of drug-likeness (QED) is 0.553. The summed E-state index contributed by atoms with van der Waals surface area (Å²) in [6.07, 6.45) is 0.801. The van der Waals surface area contributed by atoms with E-state index in [1.165, 1.54) is 21.1 Å². The third-order valence-corrected chi connectivity index (χ3v) is 7.01. The molecule has 1 N–H and O–H groups in total. The Labute approximate surface area is 160 Å². The van der Waals surface area contributed by atoms with Crippen LogP contribution in [0.1, 0.15) is 44.3 Å². The van der Waals surface area contributed by atoms with Crippen LogP contribution < -0.4 is 5.32 Å². The summed E-state index contributed by atoms with van der Waals surface area (Å²) >= 11 is 4.79. The van der Waals surface area contributed by atoms with E-state index in [-0.39, 0.29) is 5.91 Å². The number of carbonyl (C=O) groups is 2. The van der Waals surface area contributed by atoms with Crippen LogP contribution in [0.5, 0.6) is 0 Å². The summed E-state index contributed by atoms with van der Waals surface area (Å²) in [6.45, 7) is 8.07. The number of hydrogen-bond acceptors (Lipinski definition) is 5. The van der Waals surface area contributed by atoms with Crippen molar-refractivity contribution < 1.29 is 9.59 Å². The van der Waals surface area contributed by atoms with Gasteiger partial charge in [-0.25, -0.2) is 0 Å². The molecule has 1 amide bonds. The van der Waals surface area contributed by atoms with Gasteiger partial charge in [0, 0.05) is 32.1 Å². The van der Waals surface area contributed by atoms with Crippen molar-refractivity contribution in [2.45, 2.75) is 27.7 Å². The number of carbonyl (C=O) groups excluding carboxylic acids is 2. The zero-order valence-electron chi connectivity index (χ0n) is 14.9. The Kier molecular flexibility index (Phi) is 6.70. The fourth-order valence-electron chi connectivity index (χ4n) is 2.38. The standard InChI is InChI=1S/C17H15NO2S3.C2H6/c1-9-4-6-12(21-9)15-11(8-19)14(17(20)18-3)16(23-15)13-7-5-10(2)22-13;1-2/h4-8H,1-3H3,(H,18,20);1-2H3. The second-order valence-corrected chi connectivity index (χ2v) is 8.66. The van der Waals surface area contributed by atoms with Crippen molar-refractivity contribution >= 4 is 46.2 Å². The van der Waals surface area contributed by atoms with E-state index in [1.54, 1.807) is 29.7 Å². The molecular formula is C19H21NO2S3. The van der Waals surface area contributed by atoms with Crippen molar-refractivity contribution in [2.24, 2.45) is 0 Å². The molecule has 0 aliphatic rings. The molecule has 0 atom stereocenters. The van der Waals surface area contributed by atoms with Crippen LogP contribution >= 0.6 is 34.0 Å². The summed E-state index contributed by atoms with van der Waals surface area (Å²) in [4.78, 5) is 30.3. The average molecular weight is 392 g/mol. The van der Waals surface area contributed by atoms with Gasteiger partial charge in [0.05, 0.1) is 15.3 Å². The van der Waals surface area contributed by atoms with E-state index < -0.39 is 0 Å². The Morgan fingerprint density at radius 3 is 1.84 bits per heavy atom. The lowest BCUT2D eigenvalue weighted by molar-refractivity contribution is 0.0958. The van der Waals surface area contributed by atoms with E-state index in [4.69, 9.17) is 0 Å². The molecule has 0 aromatic carbocycles. The molecule has 0 aliphatic heterocycles. The highest BCUT2D eigenvalue weighted by Gasteiger charge is 2.25. The number of nitrogens with one attached hydrogen (secondary N) is 1. The van der Waals surface area contributed by atoms with Gasteiger partial charge in [-0.3, -0.25) is 9.59 Å². The van der Waals surface area contributed by atoms with Crippen LogP contribution in [-0.4, -0.2) is 19.2 Å². The summed E-state index contributed by atoms with van der Waals surface area (Å²) in [5.74, 6) is -0.219. The van der Waals surface area contributed by atoms with E-state index in [0.717, 1.165) is 25.8 Å². The Bertz CT molecular complexity index is 887. The van der Waals surface area contributed by atoms with Gasteiger partial charge in [-0.1, -0.05) is 13.8 Å². The SMILES string of the molecule is CC.CNC(=O)c1c(-c2ccc(C)s2)sc(-c2ccc(C)s2)c1C=O. The van der Waals surface area contributed by atoms with Gasteiger partial charge < -0.3 is 5.32 Å². The largest absolute Gasteiger partial charge is 0.355 e. The highest BCUT2D eigenvalue weighted by Crippen LogP contribution is 2.45. The highest BCUT2D eigenvalue weighted by atomic mass is 32.1. The molecule has 0 spiro atoms. The molecule has 0 unspecified atom stereocenters. The van der Waals surface area contributed by atoms with Gasteiger partial charge in [0.15, 0.2) is 6.29 Å². The Morgan fingerprint density at radius 2 is 1.44 bits per heavy atom. The molecule has 25 heavy (non-hydrogen) atoms. The molecular weight excluding hydrogens is 370 g/mol. The molecule has 0 saturated heterocycles. The highest BCUT2D eigenvalue weighted by molar-refractivity contribution is 7.27. The van der Waals surface area contributed by atoms with Gasteiger partial charge in [0.25, 0.3) is 5.91 Å². The summed E-state index contributed by atoms with van der Waals surface area (Å²) in [5.41, 5.74) is 0.965. The first-order valence-corrected chi connectivity index (χ1v) is 10.5. The van der Waals surface area contributed by atoms with E-state index in [1.807, 2.05) is 52.0 Å². The molecule has 132 valence electrons. The van der Waals surface area contributed by atoms with Crippen LogP contribution in [0.25, 0.3) is 19.5 Å². The molecule has 0 bridgehead atoms. The lowest BCUT2D eigenvalue weighted by Gasteiger charge is -2.02. The van der Waals surface area contributed by atoms with Crippen LogP contribution in [0.3, 0.4) is 0 Å². The second-order valence-electron chi connectivity index (χ2n) is 5.07. The van der Waals surface area contributed by atoms with Gasteiger partial charge in [-0.15, -0.1) is 34.0 Å². The lowest BCUT2D eigenvalue weighted by atomic mass is 10.1. The maximum atomic E-state index is 12.4. The molecule has 3 rings (SSSR count). The molecule has 0 fully saturated rings. The normalized spacial score (nSPS) is 10.1. The minimum Gasteiger partial charge on any atom is -0.355 e. The van der Waals surface area contributed by atoms with E-state index in [2.05, 4.69) is 5.32 Å². The van der Waals surface area contributed by atoms with Gasteiger partial charge in [-0.05, 0) is 38.1 Å². The maximum absolute atomic E-state index is 12.4. The van der Waals surface area contributed by atoms with Gasteiger partial charge in [0.2, 0.25) is 0 Å². The Morgan fingerprint density at radius 1 is 0.920 bits per heavy atom. The van der Waals surface area contributed by atoms with Crippen molar-refractivity contribution in [3.05, 3.63) is 45.1 Å². The van der Waals surface area contributed by atoms with Crippen molar-refractivity contribution in [1.82, 2.24) is 5.32 Å². The number of thiophene rings is 3. The smallest absolute Gasteiger partial charge is 0.253 e. The predicted octanol–water partition coefficient (Wildman–Crippen LogP) is 6.02. The van der Waals surface area contributed by atoms with Gasteiger partial charge in [-0.2, -0.15) is 0 Å². The first-order valence-electron chi connectivity index (χ1n) is 8.02. The Balaban J connectivity index is 0.00000109. The third kappa shape index (κ3) is 3.92. The first kappa shape index (κ1) is 19.6. The molecule has 3 aromatic heterocycles. The first-order chi connectivity index (χ1) is 12.0. The molecule has 3 nitrogen and oxygen atoms in total. The van der Waals surface area contributed by atoms with Crippen LogP contribution in [0.15, 0.2) is 24.3 Å². The number of hydrogen-bond donors (Lipinski definition) is 1. The Hall–Kier alpha value is -1.76. The molecule has 6 heteroatoms. The number of aryl methyl sites for hydroxylation is 2. The van der Waals surface area contributed by atoms with Crippen molar-refractivity contribution in [2.75, 3.05) is 7.05 Å². The summed E-state index contributed by atoms with van der Waals surface area (Å²) in [7, 11) is 1.59. The van der Waals surface area contributed by atoms with Crippen molar-refractivity contribution in [1.29, 1.82) is 0 Å². The minimum absolute atomic E-state index is 0.219. The van der Waals surface area contributed by atoms with E-state index in [9.17, 15) is 9.59 Å². The zero-order valence-corrected chi connectivity index (χ0v) is 17.4. The monoisotopic (exact) mass is 391 g/mol. The molecule has 0 aliphatic carbocycles. The predicted molar refractivity (Wildman–Crippen MR) is 111 cm³/mol. The number of rotatable bonds is 4. The molecule has 0 radical (unpaired) electrons. The van der Waals surface area contributed by atoms with E-state index in [0.29, 0.717) is 11.1 Å². The van der Waals surface area contributed by atoms with E-state index >= 15 is 0 Å². The van der Waals surface area contributed by atoms with Crippen molar-refractivity contribution in [3.63, 3.8) is 0 Å². The minimum atomic E-state index is -0.219. The summed E-state index contributed by atoms with van der Waals surface area (Å²) in [6, 6.07) is 8.08. The van der Waals surface area contributed by atoms with Crippen LogP contribution in [0, 0.1) is 13.8 Å². The number of aldehydes is 1. The van der Waals surface area contributed by atoms with Crippen molar-refractivity contribution in [3.8, 4) is 19.5 Å². The fourth-order valence-corrected chi connectivity index (χ4v) is 5.62. The van der Waals surface area contributed by atoms with Crippen LogP contribution in [0.4, 0.5) is 0 Å². The van der Waals surface area contributed by atoms with Gasteiger partial charge in [0.1, 0.15) is 0 Å². The van der Waals surface area contributed by atoms with Crippen LogP contribution in [-0.2, 0) is 0 Å². The summed E-state index contributed by atoms with van der Waals surface area (Å²) in [5, 5.41) is 2.66. The van der Waals surface area contributed by atoms with Gasteiger partial charge >= 0.3 is 0 Å². The number of amides is 1. The molecule has 3 heterocycles. The van der Waals surface area contributed by atoms with Crippen LogP contribution in [0.2, 0.25) is 0 Å². The zero-order chi connectivity index (χ0) is 18.6.